The smallest absolute Gasteiger partial charge is 0.254 e. The van der Waals surface area contributed by atoms with E-state index in [1.54, 1.807) is 0 Å². The SMILES string of the molecule is NCC#Cc1cc(C(=O)N2CCCC(CO)C2)cs1. The van der Waals surface area contributed by atoms with Gasteiger partial charge < -0.3 is 15.7 Å². The number of nitrogens with two attached hydrogens (primary N) is 1. The van der Waals surface area contributed by atoms with Crippen LogP contribution in [0.25, 0.3) is 0 Å². The van der Waals surface area contributed by atoms with Crippen LogP contribution in [-0.2, 0) is 0 Å². The summed E-state index contributed by atoms with van der Waals surface area (Å²) in [6.07, 6.45) is 1.96. The molecule has 1 aromatic heterocycles. The fraction of sp³-hybridized carbons (Fsp3) is 0.500. The summed E-state index contributed by atoms with van der Waals surface area (Å²) in [5.74, 6) is 5.97. The maximum atomic E-state index is 12.3. The molecule has 4 nitrogen and oxygen atoms in total. The monoisotopic (exact) mass is 278 g/mol. The molecule has 102 valence electrons. The predicted molar refractivity (Wildman–Crippen MR) is 76.0 cm³/mol. The molecular weight excluding hydrogens is 260 g/mol. The Morgan fingerprint density at radius 1 is 1.63 bits per heavy atom. The molecule has 3 N–H and O–H groups in total. The van der Waals surface area contributed by atoms with Crippen LogP contribution >= 0.6 is 11.3 Å². The van der Waals surface area contributed by atoms with Gasteiger partial charge in [0.1, 0.15) is 0 Å². The number of piperidine rings is 1. The fourth-order valence-electron chi connectivity index (χ4n) is 2.23. The number of hydrogen-bond donors (Lipinski definition) is 2. The van der Waals surface area contributed by atoms with Crippen LogP contribution in [0.15, 0.2) is 11.4 Å². The van der Waals surface area contributed by atoms with Crippen molar-refractivity contribution in [1.29, 1.82) is 0 Å². The van der Waals surface area contributed by atoms with E-state index in [2.05, 4.69) is 11.8 Å². The summed E-state index contributed by atoms with van der Waals surface area (Å²) in [6.45, 7) is 1.90. The van der Waals surface area contributed by atoms with Gasteiger partial charge in [-0.15, -0.1) is 11.3 Å². The number of carbonyl (C=O) groups is 1. The van der Waals surface area contributed by atoms with Crippen molar-refractivity contribution < 1.29 is 9.90 Å². The Hall–Kier alpha value is -1.35. The average Bonchev–Trinajstić information content (AvgIpc) is 2.93. The summed E-state index contributed by atoms with van der Waals surface area (Å²) in [5, 5.41) is 11.0. The molecule has 0 spiro atoms. The van der Waals surface area contributed by atoms with Crippen molar-refractivity contribution in [2.24, 2.45) is 11.7 Å². The third-order valence-corrected chi connectivity index (χ3v) is 4.07. The van der Waals surface area contributed by atoms with E-state index < -0.39 is 0 Å². The van der Waals surface area contributed by atoms with Gasteiger partial charge in [0.15, 0.2) is 0 Å². The summed E-state index contributed by atoms with van der Waals surface area (Å²) in [5.41, 5.74) is 6.01. The van der Waals surface area contributed by atoms with E-state index >= 15 is 0 Å². The first-order valence-corrected chi connectivity index (χ1v) is 7.30. The third-order valence-electron chi connectivity index (χ3n) is 3.22. The molecule has 1 amide bonds. The van der Waals surface area contributed by atoms with E-state index in [1.807, 2.05) is 16.3 Å². The Balaban J connectivity index is 2.04. The number of rotatable bonds is 2. The number of likely N-dealkylation sites (tertiary alicyclic amines) is 1. The van der Waals surface area contributed by atoms with Crippen molar-refractivity contribution in [3.8, 4) is 11.8 Å². The number of amides is 1. The molecule has 2 rings (SSSR count). The zero-order valence-electron chi connectivity index (χ0n) is 10.8. The minimum absolute atomic E-state index is 0.0372. The normalized spacial score (nSPS) is 18.8. The van der Waals surface area contributed by atoms with Crippen LogP contribution in [0.3, 0.4) is 0 Å². The number of carbonyl (C=O) groups excluding carboxylic acids is 1. The number of thiophene rings is 1. The molecule has 1 fully saturated rings. The zero-order chi connectivity index (χ0) is 13.7. The van der Waals surface area contributed by atoms with E-state index in [9.17, 15) is 9.90 Å². The summed E-state index contributed by atoms with van der Waals surface area (Å²) in [6, 6.07) is 1.82. The lowest BCUT2D eigenvalue weighted by molar-refractivity contribution is 0.0621. The Morgan fingerprint density at radius 3 is 3.21 bits per heavy atom. The molecule has 0 saturated carbocycles. The van der Waals surface area contributed by atoms with Crippen molar-refractivity contribution in [2.45, 2.75) is 12.8 Å². The first-order chi connectivity index (χ1) is 9.24. The van der Waals surface area contributed by atoms with Crippen LogP contribution in [0.2, 0.25) is 0 Å². The van der Waals surface area contributed by atoms with Crippen LogP contribution in [0.1, 0.15) is 28.1 Å². The second kappa shape index (κ2) is 6.71. The van der Waals surface area contributed by atoms with Gasteiger partial charge in [0.05, 0.1) is 17.0 Å². The minimum Gasteiger partial charge on any atom is -0.396 e. The second-order valence-corrected chi connectivity index (χ2v) is 5.56. The highest BCUT2D eigenvalue weighted by Gasteiger charge is 2.24. The summed E-state index contributed by atoms with van der Waals surface area (Å²) in [7, 11) is 0. The Morgan fingerprint density at radius 2 is 2.47 bits per heavy atom. The molecular formula is C14H18N2O2S. The van der Waals surface area contributed by atoms with Gasteiger partial charge in [-0.25, -0.2) is 0 Å². The minimum atomic E-state index is 0.0372. The fourth-order valence-corrected chi connectivity index (χ4v) is 2.98. The maximum absolute atomic E-state index is 12.3. The zero-order valence-corrected chi connectivity index (χ0v) is 11.6. The van der Waals surface area contributed by atoms with Gasteiger partial charge in [0.25, 0.3) is 5.91 Å². The standard InChI is InChI=1S/C14H18N2O2S/c15-5-1-4-13-7-12(10-19-13)14(18)16-6-2-3-11(8-16)9-17/h7,10-11,17H,2-3,5-6,8-9,15H2. The van der Waals surface area contributed by atoms with Crippen LogP contribution in [0.4, 0.5) is 0 Å². The predicted octanol–water partition coefficient (Wildman–Crippen LogP) is 0.903. The molecule has 1 atom stereocenters. The molecule has 0 radical (unpaired) electrons. The lowest BCUT2D eigenvalue weighted by Crippen LogP contribution is -2.40. The van der Waals surface area contributed by atoms with E-state index in [-0.39, 0.29) is 18.4 Å². The van der Waals surface area contributed by atoms with Gasteiger partial charge in [0, 0.05) is 25.1 Å². The van der Waals surface area contributed by atoms with Crippen LogP contribution < -0.4 is 5.73 Å². The van der Waals surface area contributed by atoms with Gasteiger partial charge in [-0.2, -0.15) is 0 Å². The van der Waals surface area contributed by atoms with E-state index in [0.717, 1.165) is 24.3 Å². The number of aliphatic hydroxyl groups is 1. The molecule has 1 unspecified atom stereocenters. The third kappa shape index (κ3) is 3.57. The first kappa shape index (κ1) is 14.1. The molecule has 2 heterocycles. The molecule has 0 bridgehead atoms. The quantitative estimate of drug-likeness (QED) is 0.790. The van der Waals surface area contributed by atoms with Gasteiger partial charge in [-0.05, 0) is 24.8 Å². The van der Waals surface area contributed by atoms with Crippen molar-refractivity contribution in [3.63, 3.8) is 0 Å². The highest BCUT2D eigenvalue weighted by atomic mass is 32.1. The van der Waals surface area contributed by atoms with Gasteiger partial charge in [-0.3, -0.25) is 4.79 Å². The molecule has 0 aliphatic carbocycles. The first-order valence-electron chi connectivity index (χ1n) is 6.42. The van der Waals surface area contributed by atoms with Crippen LogP contribution in [-0.4, -0.2) is 42.2 Å². The van der Waals surface area contributed by atoms with Crippen LogP contribution in [0.5, 0.6) is 0 Å². The number of aliphatic hydroxyl groups excluding tert-OH is 1. The van der Waals surface area contributed by atoms with Crippen molar-refractivity contribution in [1.82, 2.24) is 4.90 Å². The molecule has 1 aliphatic heterocycles. The van der Waals surface area contributed by atoms with Gasteiger partial charge in [-0.1, -0.05) is 11.8 Å². The van der Waals surface area contributed by atoms with E-state index in [4.69, 9.17) is 5.73 Å². The Kier molecular flexibility index (Phi) is 4.97. The van der Waals surface area contributed by atoms with Crippen LogP contribution in [0, 0.1) is 17.8 Å². The highest BCUT2D eigenvalue weighted by molar-refractivity contribution is 7.10. The highest BCUT2D eigenvalue weighted by Crippen LogP contribution is 2.20. The largest absolute Gasteiger partial charge is 0.396 e. The lowest BCUT2D eigenvalue weighted by atomic mass is 9.98. The molecule has 0 aromatic carbocycles. The summed E-state index contributed by atoms with van der Waals surface area (Å²) < 4.78 is 0. The molecule has 1 aliphatic rings. The second-order valence-electron chi connectivity index (χ2n) is 4.65. The number of nitrogens with zero attached hydrogens (tertiary/aromatic N) is 1. The number of hydrogen-bond acceptors (Lipinski definition) is 4. The van der Waals surface area contributed by atoms with E-state index in [1.165, 1.54) is 11.3 Å². The molecule has 19 heavy (non-hydrogen) atoms. The molecule has 1 aromatic rings. The summed E-state index contributed by atoms with van der Waals surface area (Å²) in [4.78, 5) is 15.0. The average molecular weight is 278 g/mol. The lowest BCUT2D eigenvalue weighted by Gasteiger charge is -2.31. The summed E-state index contributed by atoms with van der Waals surface area (Å²) >= 11 is 1.46. The van der Waals surface area contributed by atoms with Gasteiger partial charge >= 0.3 is 0 Å². The van der Waals surface area contributed by atoms with Crippen molar-refractivity contribution >= 4 is 17.2 Å². The molecule has 5 heteroatoms. The molecule has 1 saturated heterocycles. The van der Waals surface area contributed by atoms with Crippen molar-refractivity contribution in [2.75, 3.05) is 26.2 Å². The van der Waals surface area contributed by atoms with Crippen molar-refractivity contribution in [3.05, 3.63) is 21.9 Å². The topological polar surface area (TPSA) is 66.6 Å². The van der Waals surface area contributed by atoms with E-state index in [0.29, 0.717) is 18.7 Å². The Labute approximate surface area is 117 Å². The maximum Gasteiger partial charge on any atom is 0.254 e. The Bertz CT molecular complexity index is 501. The van der Waals surface area contributed by atoms with Gasteiger partial charge in [0.2, 0.25) is 0 Å².